The van der Waals surface area contributed by atoms with Crippen molar-refractivity contribution in [2.75, 3.05) is 5.88 Å². The molecule has 0 aromatic rings. The van der Waals surface area contributed by atoms with Gasteiger partial charge in [0.15, 0.2) is 0 Å². The maximum absolute atomic E-state index is 6.78. The molecule has 0 bridgehead atoms. The fraction of sp³-hybridized carbons (Fsp3) is 1.00. The van der Waals surface area contributed by atoms with E-state index in [0.717, 1.165) is 12.3 Å². The van der Waals surface area contributed by atoms with E-state index in [4.69, 9.17) is 17.3 Å². The quantitative estimate of drug-likeness (QED) is 0.201. The molecule has 0 spiro atoms. The highest BCUT2D eigenvalue weighted by Crippen LogP contribution is 2.26. The zero-order chi connectivity index (χ0) is 17.2. The van der Waals surface area contributed by atoms with E-state index in [-0.39, 0.29) is 5.54 Å². The first-order valence-corrected chi connectivity index (χ1v) is 11.1. The summed E-state index contributed by atoms with van der Waals surface area (Å²) in [6, 6.07) is 0. The van der Waals surface area contributed by atoms with Crippen molar-refractivity contribution in [2.45, 2.75) is 129 Å². The molecular weight excluding hydrogens is 302 g/mol. The Balaban J connectivity index is 3.93. The van der Waals surface area contributed by atoms with Crippen molar-refractivity contribution in [1.29, 1.82) is 0 Å². The molecule has 0 saturated carbocycles. The first-order chi connectivity index (χ1) is 11.2. The average Bonchev–Trinajstić information content (AvgIpc) is 2.54. The predicted molar refractivity (Wildman–Crippen MR) is 107 cm³/mol. The summed E-state index contributed by atoms with van der Waals surface area (Å²) >= 11 is 5.84. The largest absolute Gasteiger partial charge is 0.325 e. The van der Waals surface area contributed by atoms with Crippen molar-refractivity contribution in [2.24, 2.45) is 5.73 Å². The van der Waals surface area contributed by atoms with Gasteiger partial charge < -0.3 is 5.73 Å². The molecule has 140 valence electrons. The third-order valence-corrected chi connectivity index (χ3v) is 5.38. The van der Waals surface area contributed by atoms with Gasteiger partial charge in [-0.3, -0.25) is 0 Å². The molecule has 2 N–H and O–H groups in total. The number of halogens is 1. The Kier molecular flexibility index (Phi) is 17.3. The highest BCUT2D eigenvalue weighted by molar-refractivity contribution is 6.17. The van der Waals surface area contributed by atoms with Gasteiger partial charge in [-0.05, 0) is 25.7 Å². The van der Waals surface area contributed by atoms with E-state index in [1.54, 1.807) is 0 Å². The number of hydrogen-bond acceptors (Lipinski definition) is 1. The molecule has 23 heavy (non-hydrogen) atoms. The molecule has 0 saturated heterocycles. The second-order valence-electron chi connectivity index (χ2n) is 7.54. The lowest BCUT2D eigenvalue weighted by molar-refractivity contribution is 0.306. The Morgan fingerprint density at radius 3 is 1.30 bits per heavy atom. The second kappa shape index (κ2) is 17.1. The summed E-state index contributed by atoms with van der Waals surface area (Å²) in [4.78, 5) is 0. The maximum atomic E-state index is 6.78. The number of unbranched alkanes of at least 4 members (excludes halogenated alkanes) is 11. The molecule has 0 unspecified atom stereocenters. The molecule has 0 aromatic carbocycles. The summed E-state index contributed by atoms with van der Waals surface area (Å²) in [6.45, 7) is 4.56. The van der Waals surface area contributed by atoms with Crippen molar-refractivity contribution in [3.05, 3.63) is 0 Å². The standard InChI is InChI=1S/C21H44ClN/c1-3-5-7-9-11-13-17-21(23,19-15-16-20-22)18-14-12-10-8-6-4-2/h3-20,23H2,1-2H3. The van der Waals surface area contributed by atoms with Gasteiger partial charge in [-0.25, -0.2) is 0 Å². The lowest BCUT2D eigenvalue weighted by atomic mass is 9.83. The molecule has 0 fully saturated rings. The minimum atomic E-state index is 0.0849. The van der Waals surface area contributed by atoms with Gasteiger partial charge in [-0.15, -0.1) is 11.6 Å². The van der Waals surface area contributed by atoms with E-state index in [1.165, 1.54) is 103 Å². The molecule has 2 heteroatoms. The number of alkyl halides is 1. The molecule has 0 aromatic heterocycles. The van der Waals surface area contributed by atoms with Crippen LogP contribution < -0.4 is 5.73 Å². The molecule has 0 rings (SSSR count). The van der Waals surface area contributed by atoms with E-state index >= 15 is 0 Å². The van der Waals surface area contributed by atoms with Crippen molar-refractivity contribution in [3.8, 4) is 0 Å². The van der Waals surface area contributed by atoms with Gasteiger partial charge in [-0.1, -0.05) is 97.3 Å². The zero-order valence-corrected chi connectivity index (χ0v) is 16.9. The molecule has 0 aliphatic heterocycles. The van der Waals surface area contributed by atoms with Gasteiger partial charge >= 0.3 is 0 Å². The summed E-state index contributed by atoms with van der Waals surface area (Å²) in [6.07, 6.45) is 22.3. The Bertz CT molecular complexity index is 214. The predicted octanol–water partition coefficient (Wildman–Crippen LogP) is 7.59. The van der Waals surface area contributed by atoms with Crippen LogP contribution >= 0.6 is 11.6 Å². The third kappa shape index (κ3) is 15.5. The molecule has 0 radical (unpaired) electrons. The Morgan fingerprint density at radius 1 is 0.565 bits per heavy atom. The van der Waals surface area contributed by atoms with Crippen LogP contribution in [0.4, 0.5) is 0 Å². The summed E-state index contributed by atoms with van der Waals surface area (Å²) in [5.74, 6) is 0.782. The molecule has 1 nitrogen and oxygen atoms in total. The van der Waals surface area contributed by atoms with Crippen LogP contribution in [0.3, 0.4) is 0 Å². The monoisotopic (exact) mass is 345 g/mol. The summed E-state index contributed by atoms with van der Waals surface area (Å²) < 4.78 is 0. The minimum Gasteiger partial charge on any atom is -0.325 e. The molecule has 0 aliphatic rings. The van der Waals surface area contributed by atoms with Crippen molar-refractivity contribution in [1.82, 2.24) is 0 Å². The van der Waals surface area contributed by atoms with Gasteiger partial charge in [0, 0.05) is 11.4 Å². The van der Waals surface area contributed by atoms with Crippen LogP contribution in [0.1, 0.15) is 123 Å². The van der Waals surface area contributed by atoms with Gasteiger partial charge in [0.1, 0.15) is 0 Å². The number of nitrogens with two attached hydrogens (primary N) is 1. The van der Waals surface area contributed by atoms with E-state index in [9.17, 15) is 0 Å². The van der Waals surface area contributed by atoms with Crippen LogP contribution in [0.15, 0.2) is 0 Å². The van der Waals surface area contributed by atoms with E-state index in [1.807, 2.05) is 0 Å². The van der Waals surface area contributed by atoms with Crippen molar-refractivity contribution in [3.63, 3.8) is 0 Å². The fourth-order valence-electron chi connectivity index (χ4n) is 3.46. The first kappa shape index (κ1) is 23.2. The van der Waals surface area contributed by atoms with Gasteiger partial charge in [0.05, 0.1) is 0 Å². The van der Waals surface area contributed by atoms with Crippen LogP contribution in [-0.2, 0) is 0 Å². The summed E-state index contributed by atoms with van der Waals surface area (Å²) in [5, 5.41) is 0. The van der Waals surface area contributed by atoms with Crippen molar-refractivity contribution >= 4 is 11.6 Å². The second-order valence-corrected chi connectivity index (χ2v) is 7.92. The van der Waals surface area contributed by atoms with E-state index < -0.39 is 0 Å². The van der Waals surface area contributed by atoms with Crippen LogP contribution in [0.25, 0.3) is 0 Å². The smallest absolute Gasteiger partial charge is 0.0223 e. The third-order valence-electron chi connectivity index (χ3n) is 5.11. The van der Waals surface area contributed by atoms with Crippen molar-refractivity contribution < 1.29 is 0 Å². The molecule has 0 atom stereocenters. The summed E-state index contributed by atoms with van der Waals surface area (Å²) in [5.41, 5.74) is 6.86. The van der Waals surface area contributed by atoms with Gasteiger partial charge in [0.2, 0.25) is 0 Å². The van der Waals surface area contributed by atoms with Crippen LogP contribution in [-0.4, -0.2) is 11.4 Å². The molecular formula is C21H44ClN. The summed E-state index contributed by atoms with van der Waals surface area (Å²) in [7, 11) is 0. The topological polar surface area (TPSA) is 26.0 Å². The molecule has 0 aliphatic carbocycles. The molecule has 0 amide bonds. The van der Waals surface area contributed by atoms with E-state index in [0.29, 0.717) is 0 Å². The fourth-order valence-corrected chi connectivity index (χ4v) is 3.65. The van der Waals surface area contributed by atoms with E-state index in [2.05, 4.69) is 13.8 Å². The average molecular weight is 346 g/mol. The normalized spacial score (nSPS) is 12.0. The Morgan fingerprint density at radius 2 is 0.913 bits per heavy atom. The molecule has 0 heterocycles. The lowest BCUT2D eigenvalue weighted by Gasteiger charge is -2.30. The minimum absolute atomic E-state index is 0.0849. The SMILES string of the molecule is CCCCCCCCC(N)(CCCCCl)CCCCCCCC. The van der Waals surface area contributed by atoms with Crippen LogP contribution in [0.5, 0.6) is 0 Å². The Hall–Kier alpha value is 0.250. The lowest BCUT2D eigenvalue weighted by Crippen LogP contribution is -2.39. The number of hydrogen-bond donors (Lipinski definition) is 1. The van der Waals surface area contributed by atoms with Gasteiger partial charge in [0.25, 0.3) is 0 Å². The van der Waals surface area contributed by atoms with Gasteiger partial charge in [-0.2, -0.15) is 0 Å². The number of rotatable bonds is 18. The zero-order valence-electron chi connectivity index (χ0n) is 16.2. The first-order valence-electron chi connectivity index (χ1n) is 10.5. The highest BCUT2D eigenvalue weighted by Gasteiger charge is 2.23. The van der Waals surface area contributed by atoms with Crippen LogP contribution in [0.2, 0.25) is 0 Å². The van der Waals surface area contributed by atoms with Crippen LogP contribution in [0, 0.1) is 0 Å². The Labute approximate surface area is 152 Å². The maximum Gasteiger partial charge on any atom is 0.0223 e. The highest BCUT2D eigenvalue weighted by atomic mass is 35.5.